The molecule has 18 heavy (non-hydrogen) atoms. The molecule has 100 valence electrons. The first-order chi connectivity index (χ1) is 8.33. The highest BCUT2D eigenvalue weighted by atomic mass is 16.5. The van der Waals surface area contributed by atoms with Gasteiger partial charge in [-0.1, -0.05) is 0 Å². The highest BCUT2D eigenvalue weighted by Gasteiger charge is 2.27. The van der Waals surface area contributed by atoms with Gasteiger partial charge in [0.25, 0.3) is 0 Å². The summed E-state index contributed by atoms with van der Waals surface area (Å²) < 4.78 is 5.70. The molecule has 0 aromatic carbocycles. The molecule has 0 atom stereocenters. The molecule has 5 nitrogen and oxygen atoms in total. The number of nitrogens with two attached hydrogens (primary N) is 1. The summed E-state index contributed by atoms with van der Waals surface area (Å²) in [5, 5.41) is 12.5. The first-order valence-electron chi connectivity index (χ1n) is 6.23. The van der Waals surface area contributed by atoms with Crippen molar-refractivity contribution in [1.82, 2.24) is 4.98 Å². The largest absolute Gasteiger partial charge is 0.470 e. The van der Waals surface area contributed by atoms with Crippen molar-refractivity contribution in [2.75, 3.05) is 11.1 Å². The van der Waals surface area contributed by atoms with Crippen LogP contribution in [0.3, 0.4) is 0 Å². The summed E-state index contributed by atoms with van der Waals surface area (Å²) in [6.07, 6.45) is 1.35. The van der Waals surface area contributed by atoms with E-state index in [1.165, 1.54) is 0 Å². The van der Waals surface area contributed by atoms with E-state index < -0.39 is 0 Å². The van der Waals surface area contributed by atoms with Crippen LogP contribution in [0.2, 0.25) is 0 Å². The van der Waals surface area contributed by atoms with Crippen LogP contribution in [0.4, 0.5) is 11.5 Å². The number of rotatable bonds is 3. The molecule has 0 spiro atoms. The van der Waals surface area contributed by atoms with E-state index in [0.717, 1.165) is 18.7 Å². The Balaban J connectivity index is 2.06. The molecule has 0 radical (unpaired) electrons. The standard InChI is InChI=1S/C13H21N3O2/c1-13(2,3)18-12-10(14)4-5-11(16-12)15-8-6-9(17)7-8/h4-5,8-9,17H,6-7,14H2,1-3H3,(H,15,16). The number of aromatic nitrogens is 1. The van der Waals surface area contributed by atoms with E-state index >= 15 is 0 Å². The molecule has 1 heterocycles. The summed E-state index contributed by atoms with van der Waals surface area (Å²) in [6, 6.07) is 3.90. The third kappa shape index (κ3) is 3.26. The van der Waals surface area contributed by atoms with E-state index in [2.05, 4.69) is 10.3 Å². The molecule has 5 heteroatoms. The van der Waals surface area contributed by atoms with Gasteiger partial charge in [0, 0.05) is 6.04 Å². The molecule has 1 fully saturated rings. The number of nitrogens with zero attached hydrogens (tertiary/aromatic N) is 1. The molecule has 0 saturated heterocycles. The lowest BCUT2D eigenvalue weighted by Crippen LogP contribution is -2.39. The van der Waals surface area contributed by atoms with Crippen LogP contribution in [0.1, 0.15) is 33.6 Å². The summed E-state index contributed by atoms with van der Waals surface area (Å²) in [5.74, 6) is 1.19. The van der Waals surface area contributed by atoms with E-state index in [1.54, 1.807) is 6.07 Å². The lowest BCUT2D eigenvalue weighted by atomic mass is 9.89. The van der Waals surface area contributed by atoms with Crippen LogP contribution >= 0.6 is 0 Å². The molecule has 0 unspecified atom stereocenters. The number of hydrogen-bond donors (Lipinski definition) is 3. The number of ether oxygens (including phenoxy) is 1. The Labute approximate surface area is 107 Å². The van der Waals surface area contributed by atoms with Crippen molar-refractivity contribution in [3.8, 4) is 5.88 Å². The Kier molecular flexibility index (Phi) is 3.34. The average Bonchev–Trinajstić information content (AvgIpc) is 2.18. The minimum Gasteiger partial charge on any atom is -0.470 e. The molecule has 2 rings (SSSR count). The highest BCUT2D eigenvalue weighted by molar-refractivity contribution is 5.54. The van der Waals surface area contributed by atoms with E-state index in [0.29, 0.717) is 17.6 Å². The minimum atomic E-state index is -0.327. The van der Waals surface area contributed by atoms with Crippen molar-refractivity contribution in [2.45, 2.75) is 51.4 Å². The summed E-state index contributed by atoms with van der Waals surface area (Å²) in [4.78, 5) is 4.36. The number of nitrogen functional groups attached to an aromatic ring is 1. The Morgan fingerprint density at radius 2 is 2.06 bits per heavy atom. The summed E-state index contributed by atoms with van der Waals surface area (Å²) in [7, 11) is 0. The molecular weight excluding hydrogens is 230 g/mol. The number of anilines is 2. The summed E-state index contributed by atoms with van der Waals surface area (Å²) in [5.41, 5.74) is 6.05. The minimum absolute atomic E-state index is 0.179. The van der Waals surface area contributed by atoms with Gasteiger partial charge in [0.2, 0.25) is 5.88 Å². The molecule has 0 amide bonds. The monoisotopic (exact) mass is 251 g/mol. The maximum atomic E-state index is 9.24. The molecule has 1 aliphatic carbocycles. The molecule has 1 aliphatic rings. The zero-order valence-corrected chi connectivity index (χ0v) is 11.1. The van der Waals surface area contributed by atoms with Gasteiger partial charge >= 0.3 is 0 Å². The quantitative estimate of drug-likeness (QED) is 0.763. The van der Waals surface area contributed by atoms with E-state index in [4.69, 9.17) is 10.5 Å². The maximum Gasteiger partial charge on any atom is 0.239 e. The molecule has 1 aromatic heterocycles. The van der Waals surface area contributed by atoms with Crippen LogP contribution < -0.4 is 15.8 Å². The van der Waals surface area contributed by atoms with Crippen molar-refractivity contribution >= 4 is 11.5 Å². The van der Waals surface area contributed by atoms with Gasteiger partial charge < -0.3 is 20.9 Å². The number of pyridine rings is 1. The molecule has 0 aliphatic heterocycles. The van der Waals surface area contributed by atoms with Gasteiger partial charge in [0.1, 0.15) is 11.4 Å². The van der Waals surface area contributed by atoms with Gasteiger partial charge in [-0.05, 0) is 45.7 Å². The first-order valence-corrected chi connectivity index (χ1v) is 6.23. The average molecular weight is 251 g/mol. The number of hydrogen-bond acceptors (Lipinski definition) is 5. The third-order valence-corrected chi connectivity index (χ3v) is 2.76. The summed E-state index contributed by atoms with van der Waals surface area (Å²) >= 11 is 0. The van der Waals surface area contributed by atoms with Gasteiger partial charge in [-0.3, -0.25) is 0 Å². The normalized spacial score (nSPS) is 23.3. The maximum absolute atomic E-state index is 9.24. The van der Waals surface area contributed by atoms with Gasteiger partial charge in [0.05, 0.1) is 11.8 Å². The fourth-order valence-corrected chi connectivity index (χ4v) is 1.82. The molecular formula is C13H21N3O2. The van der Waals surface area contributed by atoms with Gasteiger partial charge in [0.15, 0.2) is 0 Å². The summed E-state index contributed by atoms with van der Waals surface area (Å²) in [6.45, 7) is 5.86. The predicted octanol–water partition coefficient (Wildman–Crippen LogP) is 1.78. The van der Waals surface area contributed by atoms with Gasteiger partial charge in [-0.2, -0.15) is 4.98 Å². The fraction of sp³-hybridized carbons (Fsp3) is 0.615. The second-order valence-electron chi connectivity index (χ2n) is 5.77. The highest BCUT2D eigenvalue weighted by Crippen LogP contribution is 2.28. The predicted molar refractivity (Wildman–Crippen MR) is 71.7 cm³/mol. The Morgan fingerprint density at radius 1 is 1.39 bits per heavy atom. The SMILES string of the molecule is CC(C)(C)Oc1nc(NC2CC(O)C2)ccc1N. The second kappa shape index (κ2) is 4.65. The fourth-order valence-electron chi connectivity index (χ4n) is 1.82. The van der Waals surface area contributed by atoms with Crippen LogP contribution in [0.15, 0.2) is 12.1 Å². The third-order valence-electron chi connectivity index (χ3n) is 2.76. The topological polar surface area (TPSA) is 80.4 Å². The van der Waals surface area contributed by atoms with Gasteiger partial charge in [-0.15, -0.1) is 0 Å². The Morgan fingerprint density at radius 3 is 2.61 bits per heavy atom. The lowest BCUT2D eigenvalue weighted by molar-refractivity contribution is 0.0834. The van der Waals surface area contributed by atoms with E-state index in [-0.39, 0.29) is 11.7 Å². The van der Waals surface area contributed by atoms with Crippen molar-refractivity contribution in [2.24, 2.45) is 0 Å². The van der Waals surface area contributed by atoms with Crippen molar-refractivity contribution in [3.05, 3.63) is 12.1 Å². The molecule has 4 N–H and O–H groups in total. The van der Waals surface area contributed by atoms with E-state index in [1.807, 2.05) is 26.8 Å². The zero-order chi connectivity index (χ0) is 13.3. The molecule has 0 bridgehead atoms. The lowest BCUT2D eigenvalue weighted by Gasteiger charge is -2.32. The van der Waals surface area contributed by atoms with Crippen molar-refractivity contribution in [1.29, 1.82) is 0 Å². The smallest absolute Gasteiger partial charge is 0.239 e. The van der Waals surface area contributed by atoms with Crippen LogP contribution in [-0.4, -0.2) is 27.8 Å². The van der Waals surface area contributed by atoms with Crippen LogP contribution in [0, 0.1) is 0 Å². The first kappa shape index (κ1) is 13.0. The molecule has 1 aromatic rings. The zero-order valence-electron chi connectivity index (χ0n) is 11.1. The Hall–Kier alpha value is -1.49. The second-order valence-corrected chi connectivity index (χ2v) is 5.77. The number of aliphatic hydroxyl groups is 1. The van der Waals surface area contributed by atoms with E-state index in [9.17, 15) is 5.11 Å². The van der Waals surface area contributed by atoms with Crippen LogP contribution in [0.25, 0.3) is 0 Å². The van der Waals surface area contributed by atoms with Crippen molar-refractivity contribution in [3.63, 3.8) is 0 Å². The van der Waals surface area contributed by atoms with Crippen molar-refractivity contribution < 1.29 is 9.84 Å². The number of aliphatic hydroxyl groups excluding tert-OH is 1. The molecule has 1 saturated carbocycles. The van der Waals surface area contributed by atoms with Gasteiger partial charge in [-0.25, -0.2) is 0 Å². The van der Waals surface area contributed by atoms with Crippen LogP contribution in [-0.2, 0) is 0 Å². The van der Waals surface area contributed by atoms with Crippen LogP contribution in [0.5, 0.6) is 5.88 Å². The number of nitrogens with one attached hydrogen (secondary N) is 1. The Bertz CT molecular complexity index is 423.